The molecule has 246 valence electrons. The van der Waals surface area contributed by atoms with E-state index in [2.05, 4.69) is 5.32 Å². The molecule has 1 N–H and O–H groups in total. The van der Waals surface area contributed by atoms with E-state index in [1.807, 2.05) is 91.9 Å². The predicted octanol–water partition coefficient (Wildman–Crippen LogP) is 6.04. The van der Waals surface area contributed by atoms with Gasteiger partial charge in [-0.1, -0.05) is 97.8 Å². The van der Waals surface area contributed by atoms with Gasteiger partial charge in [0.1, 0.15) is 24.9 Å². The number of hydrogen-bond donors (Lipinski definition) is 1. The summed E-state index contributed by atoms with van der Waals surface area (Å²) in [4.78, 5) is 30.0. The average Bonchev–Trinajstić information content (AvgIpc) is 3.59. The molecule has 0 unspecified atom stereocenters. The van der Waals surface area contributed by atoms with Crippen molar-refractivity contribution in [3.8, 4) is 5.75 Å². The first-order valence-electron chi connectivity index (χ1n) is 16.1. The van der Waals surface area contributed by atoms with Crippen LogP contribution in [0.1, 0.15) is 47.9 Å². The van der Waals surface area contributed by atoms with Crippen molar-refractivity contribution in [2.45, 2.75) is 64.3 Å². The Labute approximate surface area is 278 Å². The zero-order valence-electron chi connectivity index (χ0n) is 27.0. The highest BCUT2D eigenvalue weighted by Gasteiger charge is 2.34. The largest absolute Gasteiger partial charge is 0.489 e. The lowest BCUT2D eigenvalue weighted by atomic mass is 10.0. The number of nitrogens with zero attached hydrogens (tertiary/aromatic N) is 2. The molecule has 1 aliphatic rings. The maximum atomic E-state index is 14.4. The molecule has 0 spiro atoms. The Morgan fingerprint density at radius 1 is 0.830 bits per heavy atom. The fourth-order valence-electron chi connectivity index (χ4n) is 5.96. The van der Waals surface area contributed by atoms with Gasteiger partial charge < -0.3 is 15.0 Å². The molecular weight excluding hydrogens is 611 g/mol. The molecule has 0 aliphatic heterocycles. The van der Waals surface area contributed by atoms with Gasteiger partial charge in [0, 0.05) is 19.0 Å². The van der Waals surface area contributed by atoms with Crippen LogP contribution in [0.5, 0.6) is 5.75 Å². The average molecular weight is 654 g/mol. The van der Waals surface area contributed by atoms with Gasteiger partial charge >= 0.3 is 0 Å². The monoisotopic (exact) mass is 653 g/mol. The molecule has 1 atom stereocenters. The van der Waals surface area contributed by atoms with Crippen LogP contribution in [-0.4, -0.2) is 50.0 Å². The smallest absolute Gasteiger partial charge is 0.244 e. The fourth-order valence-corrected chi connectivity index (χ4v) is 6.81. The molecule has 8 nitrogen and oxygen atoms in total. The minimum Gasteiger partial charge on any atom is -0.489 e. The summed E-state index contributed by atoms with van der Waals surface area (Å²) < 4.78 is 33.3. The van der Waals surface area contributed by atoms with E-state index in [4.69, 9.17) is 4.74 Å². The Balaban J connectivity index is 1.43. The molecule has 4 aromatic rings. The SMILES string of the molecule is Cc1ccccc1CN(C(=O)CN(c1ccc(OCc2ccccc2)cc1)S(C)(=O)=O)[C@@H](Cc1ccccc1)C(=O)NC1CCCC1. The number of rotatable bonds is 14. The Kier molecular flexibility index (Phi) is 11.3. The number of anilines is 1. The standard InChI is InChI=1S/C38H43N3O5S/c1-29-13-9-10-18-32(29)26-40(36(25-30-14-5-3-6-15-30)38(43)39-33-19-11-12-20-33)37(42)27-41(47(2,44)45)34-21-23-35(24-22-34)46-28-31-16-7-4-8-17-31/h3-10,13-18,21-24,33,36H,11-12,19-20,25-28H2,1-2H3,(H,39,43)/t36-/m0/s1. The number of carbonyl (C=O) groups is 2. The molecule has 9 heteroatoms. The van der Waals surface area contributed by atoms with Gasteiger partial charge in [0.25, 0.3) is 0 Å². The van der Waals surface area contributed by atoms with Gasteiger partial charge in [0.2, 0.25) is 21.8 Å². The number of carbonyl (C=O) groups excluding carboxylic acids is 2. The topological polar surface area (TPSA) is 96.0 Å². The summed E-state index contributed by atoms with van der Waals surface area (Å²) in [7, 11) is -3.87. The molecule has 0 heterocycles. The van der Waals surface area contributed by atoms with Crippen LogP contribution < -0.4 is 14.4 Å². The van der Waals surface area contributed by atoms with Gasteiger partial charge in [-0.3, -0.25) is 13.9 Å². The van der Waals surface area contributed by atoms with E-state index < -0.39 is 28.5 Å². The Bertz CT molecular complexity index is 1720. The third kappa shape index (κ3) is 9.45. The summed E-state index contributed by atoms with van der Waals surface area (Å²) in [5, 5.41) is 3.20. The summed E-state index contributed by atoms with van der Waals surface area (Å²) in [5.74, 6) is -0.121. The Morgan fingerprint density at radius 2 is 1.43 bits per heavy atom. The van der Waals surface area contributed by atoms with Crippen LogP contribution in [0.3, 0.4) is 0 Å². The third-order valence-electron chi connectivity index (χ3n) is 8.63. The second-order valence-electron chi connectivity index (χ2n) is 12.2. The summed E-state index contributed by atoms with van der Waals surface area (Å²) in [6.45, 7) is 2.03. The number of nitrogens with one attached hydrogen (secondary N) is 1. The van der Waals surface area contributed by atoms with E-state index in [1.54, 1.807) is 29.2 Å². The van der Waals surface area contributed by atoms with Crippen LogP contribution in [-0.2, 0) is 39.2 Å². The quantitative estimate of drug-likeness (QED) is 0.179. The number of amides is 2. The van der Waals surface area contributed by atoms with Crippen molar-refractivity contribution in [2.24, 2.45) is 0 Å². The van der Waals surface area contributed by atoms with Crippen molar-refractivity contribution >= 4 is 27.5 Å². The minimum atomic E-state index is -3.87. The van der Waals surface area contributed by atoms with Crippen molar-refractivity contribution < 1.29 is 22.7 Å². The van der Waals surface area contributed by atoms with Crippen molar-refractivity contribution in [1.29, 1.82) is 0 Å². The molecule has 0 aromatic heterocycles. The molecule has 5 rings (SSSR count). The van der Waals surface area contributed by atoms with Gasteiger partial charge in [-0.05, 0) is 66.3 Å². The number of ether oxygens (including phenoxy) is 1. The molecular formula is C38H43N3O5S. The van der Waals surface area contributed by atoms with Crippen LogP contribution in [0.15, 0.2) is 109 Å². The van der Waals surface area contributed by atoms with E-state index >= 15 is 0 Å². The van der Waals surface area contributed by atoms with E-state index in [0.29, 0.717) is 24.5 Å². The van der Waals surface area contributed by atoms with Crippen molar-refractivity contribution in [2.75, 3.05) is 17.1 Å². The summed E-state index contributed by atoms with van der Waals surface area (Å²) in [6, 6.07) is 33.0. The fraction of sp³-hybridized carbons (Fsp3) is 0.316. The minimum absolute atomic E-state index is 0.0614. The van der Waals surface area contributed by atoms with E-state index in [9.17, 15) is 18.0 Å². The van der Waals surface area contributed by atoms with Gasteiger partial charge in [0.15, 0.2) is 0 Å². The maximum absolute atomic E-state index is 14.4. The van der Waals surface area contributed by atoms with Gasteiger partial charge in [-0.15, -0.1) is 0 Å². The van der Waals surface area contributed by atoms with E-state index in [1.165, 1.54) is 0 Å². The highest BCUT2D eigenvalue weighted by atomic mass is 32.2. The first-order valence-corrected chi connectivity index (χ1v) is 17.9. The molecule has 4 aromatic carbocycles. The first-order chi connectivity index (χ1) is 22.7. The number of hydrogen-bond acceptors (Lipinski definition) is 5. The lowest BCUT2D eigenvalue weighted by molar-refractivity contribution is -0.140. The van der Waals surface area contributed by atoms with Crippen LogP contribution in [0.2, 0.25) is 0 Å². The van der Waals surface area contributed by atoms with E-state index in [0.717, 1.165) is 58.5 Å². The van der Waals surface area contributed by atoms with Gasteiger partial charge in [-0.25, -0.2) is 8.42 Å². The molecule has 1 aliphatic carbocycles. The number of sulfonamides is 1. The van der Waals surface area contributed by atoms with Gasteiger partial charge in [-0.2, -0.15) is 0 Å². The van der Waals surface area contributed by atoms with Crippen LogP contribution in [0.25, 0.3) is 0 Å². The molecule has 0 bridgehead atoms. The Hall–Kier alpha value is -4.63. The summed E-state index contributed by atoms with van der Waals surface area (Å²) in [5.41, 5.74) is 4.12. The highest BCUT2D eigenvalue weighted by Crippen LogP contribution is 2.25. The lowest BCUT2D eigenvalue weighted by Gasteiger charge is -2.34. The van der Waals surface area contributed by atoms with E-state index in [-0.39, 0.29) is 18.5 Å². The van der Waals surface area contributed by atoms with Crippen LogP contribution in [0.4, 0.5) is 5.69 Å². The number of benzene rings is 4. The zero-order chi connectivity index (χ0) is 33.2. The van der Waals surface area contributed by atoms with Gasteiger partial charge in [0.05, 0.1) is 11.9 Å². The van der Waals surface area contributed by atoms with Crippen molar-refractivity contribution in [3.63, 3.8) is 0 Å². The molecule has 47 heavy (non-hydrogen) atoms. The highest BCUT2D eigenvalue weighted by molar-refractivity contribution is 7.92. The van der Waals surface area contributed by atoms with Crippen molar-refractivity contribution in [3.05, 3.63) is 131 Å². The van der Waals surface area contributed by atoms with Crippen LogP contribution in [0, 0.1) is 6.92 Å². The second kappa shape index (κ2) is 15.8. The first kappa shape index (κ1) is 33.7. The third-order valence-corrected chi connectivity index (χ3v) is 9.77. The zero-order valence-corrected chi connectivity index (χ0v) is 27.9. The summed E-state index contributed by atoms with van der Waals surface area (Å²) >= 11 is 0. The molecule has 0 saturated heterocycles. The lowest BCUT2D eigenvalue weighted by Crippen LogP contribution is -2.54. The molecule has 0 radical (unpaired) electrons. The number of aryl methyl sites for hydroxylation is 1. The normalized spacial score (nSPS) is 13.9. The predicted molar refractivity (Wildman–Crippen MR) is 185 cm³/mol. The molecule has 1 fully saturated rings. The Morgan fingerprint density at radius 3 is 2.04 bits per heavy atom. The second-order valence-corrected chi connectivity index (χ2v) is 14.1. The summed E-state index contributed by atoms with van der Waals surface area (Å²) in [6.07, 6.45) is 5.30. The molecule has 2 amide bonds. The maximum Gasteiger partial charge on any atom is 0.244 e. The van der Waals surface area contributed by atoms with Crippen LogP contribution >= 0.6 is 0 Å². The van der Waals surface area contributed by atoms with Crippen molar-refractivity contribution in [1.82, 2.24) is 10.2 Å². The molecule has 1 saturated carbocycles.